The fraction of sp³-hybridized carbons (Fsp3) is 0.333. The van der Waals surface area contributed by atoms with Gasteiger partial charge in [-0.3, -0.25) is 4.79 Å². The lowest BCUT2D eigenvalue weighted by Gasteiger charge is -2.04. The molecular formula is C15H18N2O2. The van der Waals surface area contributed by atoms with Gasteiger partial charge in [0.15, 0.2) is 5.89 Å². The number of carbonyl (C=O) groups is 1. The van der Waals surface area contributed by atoms with Crippen LogP contribution in [-0.2, 0) is 17.6 Å². The monoisotopic (exact) mass is 258 g/mol. The van der Waals surface area contributed by atoms with Crippen molar-refractivity contribution < 1.29 is 9.21 Å². The number of hydrogen-bond acceptors (Lipinski definition) is 3. The number of oxazole rings is 1. The zero-order valence-corrected chi connectivity index (χ0v) is 11.3. The number of carbonyl (C=O) groups excluding carboxylic acids is 1. The van der Waals surface area contributed by atoms with Gasteiger partial charge in [-0.1, -0.05) is 29.8 Å². The van der Waals surface area contributed by atoms with Gasteiger partial charge in [0.2, 0.25) is 5.91 Å². The van der Waals surface area contributed by atoms with E-state index in [1.54, 1.807) is 13.2 Å². The van der Waals surface area contributed by atoms with Crippen LogP contribution in [0.3, 0.4) is 0 Å². The zero-order chi connectivity index (χ0) is 13.7. The SMILES string of the molecule is Cc1cccc(CC(=O)NCCc2coc(C)n2)c1. The minimum absolute atomic E-state index is 0.0332. The second kappa shape index (κ2) is 6.18. The third-order valence-corrected chi connectivity index (χ3v) is 2.82. The fourth-order valence-corrected chi connectivity index (χ4v) is 1.92. The van der Waals surface area contributed by atoms with Crippen molar-refractivity contribution in [3.8, 4) is 0 Å². The van der Waals surface area contributed by atoms with Gasteiger partial charge in [0.05, 0.1) is 12.1 Å². The molecule has 0 fully saturated rings. The summed E-state index contributed by atoms with van der Waals surface area (Å²) >= 11 is 0. The van der Waals surface area contributed by atoms with Gasteiger partial charge in [0.1, 0.15) is 6.26 Å². The van der Waals surface area contributed by atoms with Crippen LogP contribution in [0.15, 0.2) is 34.9 Å². The molecule has 0 radical (unpaired) electrons. The predicted molar refractivity (Wildman–Crippen MR) is 72.8 cm³/mol. The Hall–Kier alpha value is -2.10. The molecule has 0 spiro atoms. The number of aryl methyl sites for hydroxylation is 2. The zero-order valence-electron chi connectivity index (χ0n) is 11.3. The number of hydrogen-bond donors (Lipinski definition) is 1. The predicted octanol–water partition coefficient (Wildman–Crippen LogP) is 2.19. The molecule has 0 saturated heterocycles. The molecule has 0 bridgehead atoms. The molecule has 4 heteroatoms. The molecule has 100 valence electrons. The first-order chi connectivity index (χ1) is 9.13. The number of nitrogens with one attached hydrogen (secondary N) is 1. The van der Waals surface area contributed by atoms with Crippen LogP contribution in [0.1, 0.15) is 22.7 Å². The molecule has 1 aromatic carbocycles. The molecular weight excluding hydrogens is 240 g/mol. The lowest BCUT2D eigenvalue weighted by Crippen LogP contribution is -2.27. The maximum atomic E-state index is 11.8. The number of aromatic nitrogens is 1. The normalized spacial score (nSPS) is 10.4. The van der Waals surface area contributed by atoms with Gasteiger partial charge in [-0.2, -0.15) is 0 Å². The quantitative estimate of drug-likeness (QED) is 0.894. The summed E-state index contributed by atoms with van der Waals surface area (Å²) in [5, 5.41) is 2.89. The molecule has 0 aliphatic carbocycles. The van der Waals surface area contributed by atoms with E-state index in [1.165, 1.54) is 5.56 Å². The van der Waals surface area contributed by atoms with Crippen LogP contribution in [0.4, 0.5) is 0 Å². The molecule has 19 heavy (non-hydrogen) atoms. The number of nitrogens with zero attached hydrogens (tertiary/aromatic N) is 1. The van der Waals surface area contributed by atoms with Gasteiger partial charge in [0.25, 0.3) is 0 Å². The molecule has 1 aromatic heterocycles. The van der Waals surface area contributed by atoms with E-state index < -0.39 is 0 Å². The lowest BCUT2D eigenvalue weighted by atomic mass is 10.1. The van der Waals surface area contributed by atoms with E-state index in [0.717, 1.165) is 11.3 Å². The van der Waals surface area contributed by atoms with Crippen LogP contribution in [0.25, 0.3) is 0 Å². The van der Waals surface area contributed by atoms with Crippen molar-refractivity contribution in [2.24, 2.45) is 0 Å². The van der Waals surface area contributed by atoms with Crippen LogP contribution >= 0.6 is 0 Å². The van der Waals surface area contributed by atoms with Crippen molar-refractivity contribution in [3.63, 3.8) is 0 Å². The molecule has 4 nitrogen and oxygen atoms in total. The summed E-state index contributed by atoms with van der Waals surface area (Å²) in [6, 6.07) is 7.98. The van der Waals surface area contributed by atoms with Crippen molar-refractivity contribution >= 4 is 5.91 Å². The van der Waals surface area contributed by atoms with E-state index >= 15 is 0 Å². The Labute approximate surface area is 112 Å². The minimum Gasteiger partial charge on any atom is -0.449 e. The molecule has 0 aliphatic rings. The second-order valence-electron chi connectivity index (χ2n) is 4.62. The highest BCUT2D eigenvalue weighted by molar-refractivity contribution is 5.78. The second-order valence-corrected chi connectivity index (χ2v) is 4.62. The largest absolute Gasteiger partial charge is 0.449 e. The Morgan fingerprint density at radius 2 is 2.21 bits per heavy atom. The fourth-order valence-electron chi connectivity index (χ4n) is 1.92. The molecule has 1 N–H and O–H groups in total. The van der Waals surface area contributed by atoms with Gasteiger partial charge >= 0.3 is 0 Å². The van der Waals surface area contributed by atoms with Crippen molar-refractivity contribution in [2.45, 2.75) is 26.7 Å². The van der Waals surface area contributed by atoms with Crippen molar-refractivity contribution in [1.29, 1.82) is 0 Å². The summed E-state index contributed by atoms with van der Waals surface area (Å²) in [7, 11) is 0. The van der Waals surface area contributed by atoms with Gasteiger partial charge in [-0.15, -0.1) is 0 Å². The molecule has 0 aliphatic heterocycles. The average molecular weight is 258 g/mol. The summed E-state index contributed by atoms with van der Waals surface area (Å²) in [5.41, 5.74) is 3.08. The van der Waals surface area contributed by atoms with Gasteiger partial charge in [-0.25, -0.2) is 4.98 Å². The highest BCUT2D eigenvalue weighted by atomic mass is 16.3. The standard InChI is InChI=1S/C15H18N2O2/c1-11-4-3-5-13(8-11)9-15(18)16-7-6-14-10-19-12(2)17-14/h3-5,8,10H,6-7,9H2,1-2H3,(H,16,18). The molecule has 2 rings (SSSR count). The summed E-state index contributed by atoms with van der Waals surface area (Å²) in [6.45, 7) is 4.41. The highest BCUT2D eigenvalue weighted by Gasteiger charge is 2.04. The van der Waals surface area contributed by atoms with Crippen LogP contribution in [0, 0.1) is 13.8 Å². The van der Waals surface area contributed by atoms with Crippen LogP contribution in [0.2, 0.25) is 0 Å². The smallest absolute Gasteiger partial charge is 0.224 e. The summed E-state index contributed by atoms with van der Waals surface area (Å²) < 4.78 is 5.11. The lowest BCUT2D eigenvalue weighted by molar-refractivity contribution is -0.120. The third-order valence-electron chi connectivity index (χ3n) is 2.82. The highest BCUT2D eigenvalue weighted by Crippen LogP contribution is 2.04. The van der Waals surface area contributed by atoms with Crippen LogP contribution in [0.5, 0.6) is 0 Å². The molecule has 0 unspecified atom stereocenters. The molecule has 1 amide bonds. The minimum atomic E-state index is 0.0332. The Morgan fingerprint density at radius 3 is 2.89 bits per heavy atom. The Bertz CT molecular complexity index is 561. The maximum absolute atomic E-state index is 11.8. The first kappa shape index (κ1) is 13.3. The first-order valence-electron chi connectivity index (χ1n) is 6.37. The average Bonchev–Trinajstić information content (AvgIpc) is 2.75. The van der Waals surface area contributed by atoms with Crippen molar-refractivity contribution in [1.82, 2.24) is 10.3 Å². The number of amides is 1. The van der Waals surface area contributed by atoms with Gasteiger partial charge in [0, 0.05) is 19.9 Å². The van der Waals surface area contributed by atoms with E-state index in [-0.39, 0.29) is 5.91 Å². The molecule has 0 atom stereocenters. The molecule has 0 saturated carbocycles. The summed E-state index contributed by atoms with van der Waals surface area (Å²) in [5.74, 6) is 0.687. The molecule has 1 heterocycles. The summed E-state index contributed by atoms with van der Waals surface area (Å²) in [6.07, 6.45) is 2.73. The van der Waals surface area contributed by atoms with Crippen molar-refractivity contribution in [2.75, 3.05) is 6.54 Å². The van der Waals surface area contributed by atoms with Crippen molar-refractivity contribution in [3.05, 3.63) is 53.2 Å². The van der Waals surface area contributed by atoms with E-state index in [9.17, 15) is 4.79 Å². The van der Waals surface area contributed by atoms with E-state index in [2.05, 4.69) is 10.3 Å². The number of rotatable bonds is 5. The maximum Gasteiger partial charge on any atom is 0.224 e. The van der Waals surface area contributed by atoms with E-state index in [1.807, 2.05) is 31.2 Å². The first-order valence-corrected chi connectivity index (χ1v) is 6.37. The van der Waals surface area contributed by atoms with E-state index in [0.29, 0.717) is 25.3 Å². The summed E-state index contributed by atoms with van der Waals surface area (Å²) in [4.78, 5) is 15.9. The van der Waals surface area contributed by atoms with E-state index in [4.69, 9.17) is 4.42 Å². The topological polar surface area (TPSA) is 55.1 Å². The third kappa shape index (κ3) is 4.25. The van der Waals surface area contributed by atoms with Gasteiger partial charge in [-0.05, 0) is 12.5 Å². The Balaban J connectivity index is 1.76. The number of benzene rings is 1. The Kier molecular flexibility index (Phi) is 4.34. The molecule has 2 aromatic rings. The van der Waals surface area contributed by atoms with Crippen LogP contribution in [-0.4, -0.2) is 17.4 Å². The van der Waals surface area contributed by atoms with Crippen LogP contribution < -0.4 is 5.32 Å². The van der Waals surface area contributed by atoms with Gasteiger partial charge < -0.3 is 9.73 Å². The Morgan fingerprint density at radius 1 is 1.37 bits per heavy atom.